The minimum Gasteiger partial charge on any atom is -0.495 e. The lowest BCUT2D eigenvalue weighted by Gasteiger charge is -2.46. The fourth-order valence-corrected chi connectivity index (χ4v) is 6.16. The number of carbonyl (C=O) groups excluding carboxylic acids is 1. The van der Waals surface area contributed by atoms with Gasteiger partial charge >= 0.3 is 16.4 Å². The molecule has 5 rings (SSSR count). The lowest BCUT2D eigenvalue weighted by Crippen LogP contribution is -2.62. The summed E-state index contributed by atoms with van der Waals surface area (Å²) >= 11 is 0. The van der Waals surface area contributed by atoms with Crippen LogP contribution in [0.5, 0.6) is 5.75 Å². The third-order valence-corrected chi connectivity index (χ3v) is 8.38. The molecule has 0 radical (unpaired) electrons. The van der Waals surface area contributed by atoms with Crippen molar-refractivity contribution in [2.45, 2.75) is 31.7 Å². The van der Waals surface area contributed by atoms with E-state index >= 15 is 4.39 Å². The number of halogens is 4. The molecule has 10 nitrogen and oxygen atoms in total. The molecule has 2 aliphatic rings. The molecule has 214 valence electrons. The molecule has 0 aliphatic carbocycles. The fourth-order valence-electron chi connectivity index (χ4n) is 4.97. The van der Waals surface area contributed by atoms with Crippen LogP contribution in [0.25, 0.3) is 11.1 Å². The van der Waals surface area contributed by atoms with Crippen molar-refractivity contribution in [2.75, 3.05) is 36.4 Å². The first kappa shape index (κ1) is 27.9. The van der Waals surface area contributed by atoms with Crippen LogP contribution in [0.4, 0.5) is 29.1 Å². The number of hydrogen-bond acceptors (Lipinski definition) is 7. The van der Waals surface area contributed by atoms with E-state index < -0.39 is 52.4 Å². The molecule has 3 aromatic rings. The molecule has 3 heterocycles. The highest BCUT2D eigenvalue weighted by atomic mass is 32.2. The number of methoxy groups -OCH3 is 1. The second kappa shape index (κ2) is 10.4. The van der Waals surface area contributed by atoms with Crippen LogP contribution in [-0.4, -0.2) is 62.7 Å². The zero-order valence-electron chi connectivity index (χ0n) is 21.2. The van der Waals surface area contributed by atoms with Gasteiger partial charge in [-0.25, -0.2) is 4.39 Å². The van der Waals surface area contributed by atoms with Gasteiger partial charge in [-0.2, -0.15) is 25.9 Å². The van der Waals surface area contributed by atoms with E-state index in [1.807, 2.05) is 0 Å². The predicted octanol–water partition coefficient (Wildman–Crippen LogP) is 3.98. The summed E-state index contributed by atoms with van der Waals surface area (Å²) in [6, 6.07) is 6.47. The zero-order chi connectivity index (χ0) is 28.8. The molecule has 2 fully saturated rings. The summed E-state index contributed by atoms with van der Waals surface area (Å²) in [6.45, 7) is 0.821. The van der Waals surface area contributed by atoms with Crippen molar-refractivity contribution in [3.8, 4) is 16.9 Å². The van der Waals surface area contributed by atoms with Crippen molar-refractivity contribution < 1.29 is 44.8 Å². The van der Waals surface area contributed by atoms with Crippen molar-refractivity contribution in [1.29, 1.82) is 0 Å². The van der Waals surface area contributed by atoms with Crippen molar-refractivity contribution in [2.24, 2.45) is 0 Å². The van der Waals surface area contributed by atoms with Crippen LogP contribution >= 0.6 is 0 Å². The van der Waals surface area contributed by atoms with Crippen molar-refractivity contribution >= 4 is 27.6 Å². The minimum atomic E-state index is -4.62. The molecule has 1 N–H and O–H groups in total. The molecule has 0 unspecified atom stereocenters. The number of anilines is 2. The summed E-state index contributed by atoms with van der Waals surface area (Å²) in [6.07, 6.45) is -4.01. The summed E-state index contributed by atoms with van der Waals surface area (Å²) in [5.41, 5.74) is -0.979. The highest BCUT2D eigenvalue weighted by Crippen LogP contribution is 2.41. The molecular weight excluding hydrogens is 560 g/mol. The smallest absolute Gasteiger partial charge is 0.416 e. The van der Waals surface area contributed by atoms with Gasteiger partial charge in [0.05, 0.1) is 30.5 Å². The van der Waals surface area contributed by atoms with Gasteiger partial charge in [0, 0.05) is 30.8 Å². The number of carbonyl (C=O) groups is 1. The van der Waals surface area contributed by atoms with Gasteiger partial charge in [-0.05, 0) is 36.6 Å². The number of ether oxygens (including phenoxy) is 2. The minimum absolute atomic E-state index is 0.000257. The zero-order valence-corrected chi connectivity index (χ0v) is 22.1. The van der Waals surface area contributed by atoms with E-state index in [9.17, 15) is 26.4 Å². The lowest BCUT2D eigenvalue weighted by atomic mass is 9.96. The van der Waals surface area contributed by atoms with Crippen LogP contribution in [0.1, 0.15) is 17.5 Å². The Balaban J connectivity index is 1.45. The second-order valence-corrected chi connectivity index (χ2v) is 11.0. The molecule has 1 amide bonds. The van der Waals surface area contributed by atoms with E-state index in [2.05, 4.69) is 14.4 Å². The Morgan fingerprint density at radius 2 is 1.95 bits per heavy atom. The maximum atomic E-state index is 15.5. The van der Waals surface area contributed by atoms with Gasteiger partial charge in [-0.3, -0.25) is 9.52 Å². The van der Waals surface area contributed by atoms with Gasteiger partial charge in [0.1, 0.15) is 24.4 Å². The summed E-state index contributed by atoms with van der Waals surface area (Å²) in [5, 5.41) is 3.54. The Labute approximate surface area is 226 Å². The number of nitrogens with one attached hydrogen (secondary N) is 1. The van der Waals surface area contributed by atoms with E-state index in [1.54, 1.807) is 0 Å². The standard InChI is InChI=1S/C25H24F4N4O6S/c1-14-3-4-15(9-17(14)25(27,28)29)16-10-21(37-2)20(11-18(16)26)33-19-5-7-32(12-22(19)38-13-24(33)34)40(35,36)31-23-6-8-39-30-23/h3-4,6,8-11,19,22H,5,7,12-13H2,1-2H3,(H,30,31)/t19-,22-/m1/s1. The molecule has 0 spiro atoms. The Bertz CT molecular complexity index is 1530. The SMILES string of the molecule is COc1cc(-c2ccc(C)c(C(F)(F)F)c2)c(F)cc1N1C(=O)CO[C@@H]2CN(S(=O)(=O)Nc3ccon3)CC[C@H]21. The highest BCUT2D eigenvalue weighted by molar-refractivity contribution is 7.90. The van der Waals surface area contributed by atoms with Crippen LogP contribution < -0.4 is 14.4 Å². The number of benzene rings is 2. The Hall–Kier alpha value is -3.69. The number of piperidine rings is 1. The van der Waals surface area contributed by atoms with Crippen molar-refractivity contribution in [3.05, 3.63) is 59.6 Å². The number of aromatic nitrogens is 1. The van der Waals surface area contributed by atoms with Crippen molar-refractivity contribution in [1.82, 2.24) is 9.46 Å². The topological polar surface area (TPSA) is 114 Å². The molecule has 0 saturated carbocycles. The number of amides is 1. The van der Waals surface area contributed by atoms with Gasteiger partial charge in [0.15, 0.2) is 5.82 Å². The van der Waals surface area contributed by atoms with E-state index in [0.29, 0.717) is 0 Å². The molecule has 1 aromatic heterocycles. The summed E-state index contributed by atoms with van der Waals surface area (Å²) in [5.74, 6) is -1.30. The Morgan fingerprint density at radius 3 is 2.62 bits per heavy atom. The Kier molecular flexibility index (Phi) is 7.22. The number of alkyl halides is 3. The van der Waals surface area contributed by atoms with E-state index in [-0.39, 0.29) is 53.5 Å². The average molecular weight is 585 g/mol. The van der Waals surface area contributed by atoms with Crippen LogP contribution in [0.2, 0.25) is 0 Å². The molecule has 2 aliphatic heterocycles. The van der Waals surface area contributed by atoms with Crippen LogP contribution in [0.3, 0.4) is 0 Å². The molecular formula is C25H24F4N4O6S. The maximum Gasteiger partial charge on any atom is 0.416 e. The van der Waals surface area contributed by atoms with Gasteiger partial charge in [-0.1, -0.05) is 17.3 Å². The predicted molar refractivity (Wildman–Crippen MR) is 134 cm³/mol. The number of fused-ring (bicyclic) bond motifs is 1. The first-order valence-electron chi connectivity index (χ1n) is 12.1. The van der Waals surface area contributed by atoms with E-state index in [4.69, 9.17) is 9.47 Å². The molecule has 2 atom stereocenters. The highest BCUT2D eigenvalue weighted by Gasteiger charge is 2.45. The van der Waals surface area contributed by atoms with E-state index in [1.165, 1.54) is 49.5 Å². The first-order valence-corrected chi connectivity index (χ1v) is 13.5. The van der Waals surface area contributed by atoms with Gasteiger partial charge in [-0.15, -0.1) is 0 Å². The number of rotatable bonds is 6. The van der Waals surface area contributed by atoms with E-state index in [0.717, 1.165) is 16.4 Å². The largest absolute Gasteiger partial charge is 0.495 e. The van der Waals surface area contributed by atoms with Crippen molar-refractivity contribution in [3.63, 3.8) is 0 Å². The molecule has 2 saturated heterocycles. The lowest BCUT2D eigenvalue weighted by molar-refractivity contribution is -0.138. The van der Waals surface area contributed by atoms with Crippen LogP contribution in [0.15, 0.2) is 47.2 Å². The third kappa shape index (κ3) is 5.23. The second-order valence-electron chi connectivity index (χ2n) is 9.35. The quantitative estimate of drug-likeness (QED) is 0.436. The molecule has 2 aromatic carbocycles. The maximum absolute atomic E-state index is 15.5. The first-order chi connectivity index (χ1) is 18.9. The third-order valence-electron chi connectivity index (χ3n) is 6.90. The molecule has 0 bridgehead atoms. The summed E-state index contributed by atoms with van der Waals surface area (Å²) in [7, 11) is -2.72. The van der Waals surface area contributed by atoms with Crippen LogP contribution in [-0.2, 0) is 25.9 Å². The monoisotopic (exact) mass is 584 g/mol. The number of nitrogens with zero attached hydrogens (tertiary/aromatic N) is 3. The number of hydrogen-bond donors (Lipinski definition) is 1. The molecule has 15 heteroatoms. The normalized spacial score (nSPS) is 20.4. The van der Waals surface area contributed by atoms with Gasteiger partial charge in [0.2, 0.25) is 0 Å². The van der Waals surface area contributed by atoms with Gasteiger partial charge < -0.3 is 18.9 Å². The van der Waals surface area contributed by atoms with Gasteiger partial charge in [0.25, 0.3) is 5.91 Å². The number of morpholine rings is 1. The number of aryl methyl sites for hydroxylation is 1. The fraction of sp³-hybridized carbons (Fsp3) is 0.360. The molecule has 40 heavy (non-hydrogen) atoms. The van der Waals surface area contributed by atoms with Crippen LogP contribution in [0, 0.1) is 12.7 Å². The average Bonchev–Trinajstić information content (AvgIpc) is 3.40. The summed E-state index contributed by atoms with van der Waals surface area (Å²) < 4.78 is 101. The Morgan fingerprint density at radius 1 is 1.18 bits per heavy atom. The summed E-state index contributed by atoms with van der Waals surface area (Å²) in [4.78, 5) is 14.3.